The van der Waals surface area contributed by atoms with E-state index in [-0.39, 0.29) is 0 Å². The molecule has 1 aromatic heterocycles. The van der Waals surface area contributed by atoms with Crippen LogP contribution in [0.15, 0.2) is 66.7 Å². The van der Waals surface area contributed by atoms with Gasteiger partial charge >= 0.3 is 0 Å². The molecule has 0 aliphatic heterocycles. The van der Waals surface area contributed by atoms with Gasteiger partial charge in [0.05, 0.1) is 24.3 Å². The minimum absolute atomic E-state index is 0.692. The molecule has 0 aliphatic rings. The minimum Gasteiger partial charge on any atom is -0.494 e. The average Bonchev–Trinajstić information content (AvgIpc) is 3.15. The first-order valence-corrected chi connectivity index (χ1v) is 10.4. The third kappa shape index (κ3) is 3.79. The van der Waals surface area contributed by atoms with Gasteiger partial charge in [0.1, 0.15) is 17.1 Å². The van der Waals surface area contributed by atoms with Crippen LogP contribution in [0.1, 0.15) is 36.7 Å². The Morgan fingerprint density at radius 2 is 1.80 bits per heavy atom. The number of fused-ring (bicyclic) bond motifs is 1. The summed E-state index contributed by atoms with van der Waals surface area (Å²) in [5.41, 5.74) is 5.92. The molecule has 3 aromatic carbocycles. The normalized spacial score (nSPS) is 10.8. The van der Waals surface area contributed by atoms with Crippen molar-refractivity contribution in [2.75, 3.05) is 7.11 Å². The molecule has 0 amide bonds. The van der Waals surface area contributed by atoms with Gasteiger partial charge in [-0.2, -0.15) is 5.26 Å². The van der Waals surface area contributed by atoms with Gasteiger partial charge in [0.25, 0.3) is 0 Å². The zero-order chi connectivity index (χ0) is 20.9. The quantitative estimate of drug-likeness (QED) is 0.387. The third-order valence-electron chi connectivity index (χ3n) is 5.44. The van der Waals surface area contributed by atoms with E-state index in [4.69, 9.17) is 9.72 Å². The molecule has 0 aliphatic carbocycles. The third-order valence-corrected chi connectivity index (χ3v) is 5.44. The summed E-state index contributed by atoms with van der Waals surface area (Å²) >= 11 is 0. The van der Waals surface area contributed by atoms with E-state index in [9.17, 15) is 5.26 Å². The second-order valence-corrected chi connectivity index (χ2v) is 7.40. The summed E-state index contributed by atoms with van der Waals surface area (Å²) < 4.78 is 7.91. The number of benzene rings is 3. The highest BCUT2D eigenvalue weighted by molar-refractivity contribution is 5.83. The molecule has 0 N–H and O–H groups in total. The SMILES string of the molecule is CCCCc1nc2cccc(OC)c2n1Cc1ccc(-c2ccccc2C#N)cc1. The van der Waals surface area contributed by atoms with Gasteiger partial charge in [0.15, 0.2) is 0 Å². The summed E-state index contributed by atoms with van der Waals surface area (Å²) in [6.45, 7) is 2.93. The predicted octanol–water partition coefficient (Wildman–Crippen LogP) is 5.97. The van der Waals surface area contributed by atoms with Crippen LogP contribution in [-0.4, -0.2) is 16.7 Å². The number of hydrogen-bond acceptors (Lipinski definition) is 3. The summed E-state index contributed by atoms with van der Waals surface area (Å²) in [5, 5.41) is 9.38. The zero-order valence-electron chi connectivity index (χ0n) is 17.4. The van der Waals surface area contributed by atoms with Crippen molar-refractivity contribution < 1.29 is 4.74 Å². The number of methoxy groups -OCH3 is 1. The van der Waals surface area contributed by atoms with Crippen molar-refractivity contribution >= 4 is 11.0 Å². The van der Waals surface area contributed by atoms with Crippen molar-refractivity contribution in [3.63, 3.8) is 0 Å². The fourth-order valence-electron chi connectivity index (χ4n) is 3.87. The van der Waals surface area contributed by atoms with Gasteiger partial charge in [0, 0.05) is 13.0 Å². The fraction of sp³-hybridized carbons (Fsp3) is 0.231. The lowest BCUT2D eigenvalue weighted by Crippen LogP contribution is -2.06. The first kappa shape index (κ1) is 19.7. The molecule has 4 heteroatoms. The van der Waals surface area contributed by atoms with E-state index >= 15 is 0 Å². The van der Waals surface area contributed by atoms with E-state index in [1.54, 1.807) is 7.11 Å². The maximum atomic E-state index is 9.38. The van der Waals surface area contributed by atoms with Crippen LogP contribution in [0.2, 0.25) is 0 Å². The van der Waals surface area contributed by atoms with E-state index in [0.29, 0.717) is 5.56 Å². The number of imidazole rings is 1. The highest BCUT2D eigenvalue weighted by Crippen LogP contribution is 2.29. The Labute approximate surface area is 177 Å². The van der Waals surface area contributed by atoms with Gasteiger partial charge in [-0.05, 0) is 41.3 Å². The number of unbranched alkanes of at least 4 members (excludes halogenated alkanes) is 1. The van der Waals surface area contributed by atoms with Crippen LogP contribution >= 0.6 is 0 Å². The molecule has 0 radical (unpaired) electrons. The average molecular weight is 396 g/mol. The lowest BCUT2D eigenvalue weighted by Gasteiger charge is -2.12. The van der Waals surface area contributed by atoms with Crippen LogP contribution in [0.5, 0.6) is 5.75 Å². The zero-order valence-corrected chi connectivity index (χ0v) is 17.4. The summed E-state index contributed by atoms with van der Waals surface area (Å²) in [6, 6.07) is 24.5. The van der Waals surface area contributed by atoms with Crippen molar-refractivity contribution in [3.05, 3.63) is 83.7 Å². The van der Waals surface area contributed by atoms with Crippen LogP contribution in [0.4, 0.5) is 0 Å². The Bertz CT molecular complexity index is 1200. The smallest absolute Gasteiger partial charge is 0.144 e. The first-order valence-electron chi connectivity index (χ1n) is 10.4. The van der Waals surface area contributed by atoms with Gasteiger partial charge in [-0.1, -0.05) is 61.9 Å². The molecule has 30 heavy (non-hydrogen) atoms. The lowest BCUT2D eigenvalue weighted by molar-refractivity contribution is 0.417. The molecule has 0 spiro atoms. The molecular weight excluding hydrogens is 370 g/mol. The van der Waals surface area contributed by atoms with Crippen molar-refractivity contribution in [2.45, 2.75) is 32.7 Å². The van der Waals surface area contributed by atoms with Crippen LogP contribution in [0, 0.1) is 11.3 Å². The molecule has 1 heterocycles. The van der Waals surface area contributed by atoms with Crippen molar-refractivity contribution in [3.8, 4) is 22.9 Å². The van der Waals surface area contributed by atoms with Gasteiger partial charge < -0.3 is 9.30 Å². The van der Waals surface area contributed by atoms with E-state index in [1.807, 2.05) is 42.5 Å². The number of nitrogens with zero attached hydrogens (tertiary/aromatic N) is 3. The second kappa shape index (κ2) is 8.84. The van der Waals surface area contributed by atoms with E-state index in [1.165, 1.54) is 5.56 Å². The molecule has 4 rings (SSSR count). The predicted molar refractivity (Wildman–Crippen MR) is 121 cm³/mol. The standard InChI is InChI=1S/C26H25N3O/c1-3-4-12-25-28-23-10-7-11-24(30-2)26(23)29(25)18-19-13-15-20(16-14-19)22-9-6-5-8-21(22)17-27/h5-11,13-16H,3-4,12,18H2,1-2H3. The Morgan fingerprint density at radius 1 is 1.00 bits per heavy atom. The summed E-state index contributed by atoms with van der Waals surface area (Å²) in [7, 11) is 1.71. The topological polar surface area (TPSA) is 50.8 Å². The highest BCUT2D eigenvalue weighted by Gasteiger charge is 2.15. The lowest BCUT2D eigenvalue weighted by atomic mass is 9.99. The molecule has 0 saturated carbocycles. The second-order valence-electron chi connectivity index (χ2n) is 7.40. The molecule has 0 saturated heterocycles. The van der Waals surface area contributed by atoms with E-state index < -0.39 is 0 Å². The molecular formula is C26H25N3O. The summed E-state index contributed by atoms with van der Waals surface area (Å²) in [6.07, 6.45) is 3.19. The van der Waals surface area contributed by atoms with Crippen molar-refractivity contribution in [1.29, 1.82) is 5.26 Å². The monoisotopic (exact) mass is 395 g/mol. The minimum atomic E-state index is 0.692. The molecule has 0 unspecified atom stereocenters. The highest BCUT2D eigenvalue weighted by atomic mass is 16.5. The Hall–Kier alpha value is -3.58. The number of rotatable bonds is 7. The molecule has 0 bridgehead atoms. The maximum absolute atomic E-state index is 9.38. The van der Waals surface area contributed by atoms with Crippen LogP contribution in [0.25, 0.3) is 22.2 Å². The Morgan fingerprint density at radius 3 is 2.53 bits per heavy atom. The van der Waals surface area contributed by atoms with Crippen LogP contribution in [-0.2, 0) is 13.0 Å². The first-order chi connectivity index (χ1) is 14.7. The number of aryl methyl sites for hydroxylation is 1. The van der Waals surface area contributed by atoms with Gasteiger partial charge in [-0.15, -0.1) is 0 Å². The van der Waals surface area contributed by atoms with Gasteiger partial charge in [-0.3, -0.25) is 0 Å². The number of para-hydroxylation sites is 1. The molecule has 0 fully saturated rings. The summed E-state index contributed by atoms with van der Waals surface area (Å²) in [5.74, 6) is 1.94. The van der Waals surface area contributed by atoms with E-state index in [2.05, 4.69) is 41.8 Å². The molecule has 0 atom stereocenters. The maximum Gasteiger partial charge on any atom is 0.144 e. The van der Waals surface area contributed by atoms with Gasteiger partial charge in [0.2, 0.25) is 0 Å². The summed E-state index contributed by atoms with van der Waals surface area (Å²) in [4.78, 5) is 4.89. The molecule has 4 aromatic rings. The fourth-order valence-corrected chi connectivity index (χ4v) is 3.87. The van der Waals surface area contributed by atoms with Crippen LogP contribution in [0.3, 0.4) is 0 Å². The molecule has 4 nitrogen and oxygen atoms in total. The number of aromatic nitrogens is 2. The Balaban J connectivity index is 1.71. The Kier molecular flexibility index (Phi) is 5.81. The number of hydrogen-bond donors (Lipinski definition) is 0. The van der Waals surface area contributed by atoms with Crippen LogP contribution < -0.4 is 4.74 Å². The number of nitriles is 1. The largest absolute Gasteiger partial charge is 0.494 e. The number of ether oxygens (including phenoxy) is 1. The molecule has 150 valence electrons. The van der Waals surface area contributed by atoms with Crippen molar-refractivity contribution in [1.82, 2.24) is 9.55 Å². The van der Waals surface area contributed by atoms with Crippen molar-refractivity contribution in [2.24, 2.45) is 0 Å². The van der Waals surface area contributed by atoms with Gasteiger partial charge in [-0.25, -0.2) is 4.98 Å². The van der Waals surface area contributed by atoms with E-state index in [0.717, 1.165) is 59.5 Å².